The zero-order chi connectivity index (χ0) is 10.1. The Morgan fingerprint density at radius 2 is 1.57 bits per heavy atom. The van der Waals surface area contributed by atoms with E-state index in [4.69, 9.17) is 0 Å². The molecule has 5 heteroatoms. The molecule has 0 saturated heterocycles. The molecule has 0 aromatic heterocycles. The van der Waals surface area contributed by atoms with Crippen molar-refractivity contribution in [2.75, 3.05) is 0 Å². The standard InChI is InChI=1S/C9H7F3O.K/c1-6(13)7-2-4-8(5-3-7)9(10,11)12;/h2-5,13H,1H2;/q;+1/p-1. The van der Waals surface area contributed by atoms with Crippen molar-refractivity contribution in [1.29, 1.82) is 0 Å². The molecule has 0 N–H and O–H groups in total. The molecule has 0 spiro atoms. The minimum absolute atomic E-state index is 0. The fourth-order valence-corrected chi connectivity index (χ4v) is 0.845. The van der Waals surface area contributed by atoms with Crippen LogP contribution < -0.4 is 56.5 Å². The predicted octanol–water partition coefficient (Wildman–Crippen LogP) is -0.960. The van der Waals surface area contributed by atoms with Crippen LogP contribution in [0.2, 0.25) is 0 Å². The van der Waals surface area contributed by atoms with Crippen LogP contribution in [0.25, 0.3) is 5.76 Å². The molecule has 0 radical (unpaired) electrons. The number of halogens is 3. The van der Waals surface area contributed by atoms with Gasteiger partial charge >= 0.3 is 57.6 Å². The van der Waals surface area contributed by atoms with Gasteiger partial charge in [-0.1, -0.05) is 12.1 Å². The second-order valence-electron chi connectivity index (χ2n) is 2.50. The van der Waals surface area contributed by atoms with Gasteiger partial charge in [0.25, 0.3) is 0 Å². The predicted molar refractivity (Wildman–Crippen MR) is 40.5 cm³/mol. The summed E-state index contributed by atoms with van der Waals surface area (Å²) in [4.78, 5) is 0. The van der Waals surface area contributed by atoms with Crippen molar-refractivity contribution in [3.05, 3.63) is 42.0 Å². The van der Waals surface area contributed by atoms with Gasteiger partial charge in [-0.3, -0.25) is 0 Å². The molecule has 70 valence electrons. The third-order valence-corrected chi connectivity index (χ3v) is 1.53. The van der Waals surface area contributed by atoms with Gasteiger partial charge in [-0.15, -0.1) is 12.3 Å². The van der Waals surface area contributed by atoms with Crippen LogP contribution in [0.1, 0.15) is 11.1 Å². The molecule has 0 saturated carbocycles. The molecule has 0 fully saturated rings. The van der Waals surface area contributed by atoms with E-state index in [1.165, 1.54) is 0 Å². The molecule has 0 amide bonds. The molecule has 0 unspecified atom stereocenters. The Morgan fingerprint density at radius 3 is 1.86 bits per heavy atom. The molecule has 1 nitrogen and oxygen atoms in total. The molecular weight excluding hydrogens is 220 g/mol. The maximum Gasteiger partial charge on any atom is 1.00 e. The first-order valence-corrected chi connectivity index (χ1v) is 3.45. The van der Waals surface area contributed by atoms with Crippen molar-refractivity contribution < 1.29 is 69.7 Å². The summed E-state index contributed by atoms with van der Waals surface area (Å²) in [5.74, 6) is -0.492. The van der Waals surface area contributed by atoms with Crippen LogP contribution in [0.15, 0.2) is 30.8 Å². The van der Waals surface area contributed by atoms with Crippen LogP contribution in [0, 0.1) is 0 Å². The fourth-order valence-electron chi connectivity index (χ4n) is 0.845. The van der Waals surface area contributed by atoms with Crippen LogP contribution in [0.5, 0.6) is 0 Å². The first-order chi connectivity index (χ1) is 5.91. The number of benzene rings is 1. The molecule has 0 aliphatic carbocycles. The minimum Gasteiger partial charge on any atom is -0.872 e. The second kappa shape index (κ2) is 5.32. The second-order valence-corrected chi connectivity index (χ2v) is 2.50. The minimum atomic E-state index is -4.36. The van der Waals surface area contributed by atoms with E-state index in [-0.39, 0.29) is 56.9 Å². The maximum atomic E-state index is 12.0. The summed E-state index contributed by atoms with van der Waals surface area (Å²) < 4.78 is 36.1. The molecule has 0 atom stereocenters. The summed E-state index contributed by atoms with van der Waals surface area (Å²) in [5, 5.41) is 10.6. The summed E-state index contributed by atoms with van der Waals surface area (Å²) >= 11 is 0. The topological polar surface area (TPSA) is 23.1 Å². The Hall–Kier alpha value is 0.186. The van der Waals surface area contributed by atoms with Gasteiger partial charge in [-0.25, -0.2) is 0 Å². The van der Waals surface area contributed by atoms with Gasteiger partial charge in [0.2, 0.25) is 0 Å². The van der Waals surface area contributed by atoms with Gasteiger partial charge in [0, 0.05) is 0 Å². The third-order valence-electron chi connectivity index (χ3n) is 1.53. The molecule has 1 aromatic rings. The van der Waals surface area contributed by atoms with Crippen LogP contribution in [0.3, 0.4) is 0 Å². The van der Waals surface area contributed by atoms with Crippen molar-refractivity contribution in [1.82, 2.24) is 0 Å². The van der Waals surface area contributed by atoms with Gasteiger partial charge in [-0.2, -0.15) is 13.2 Å². The molecule has 0 aliphatic heterocycles. The average molecular weight is 226 g/mol. The summed E-state index contributed by atoms with van der Waals surface area (Å²) in [6.45, 7) is 3.08. The van der Waals surface area contributed by atoms with Crippen LogP contribution in [0.4, 0.5) is 13.2 Å². The average Bonchev–Trinajstić information content (AvgIpc) is 2.03. The first kappa shape index (κ1) is 14.2. The van der Waals surface area contributed by atoms with Crippen LogP contribution in [-0.2, 0) is 6.18 Å². The molecule has 14 heavy (non-hydrogen) atoms. The van der Waals surface area contributed by atoms with Gasteiger partial charge < -0.3 is 5.11 Å². The monoisotopic (exact) mass is 226 g/mol. The van der Waals surface area contributed by atoms with Gasteiger partial charge in [0.05, 0.1) is 5.56 Å². The van der Waals surface area contributed by atoms with Crippen molar-refractivity contribution in [2.24, 2.45) is 0 Å². The van der Waals surface area contributed by atoms with Crippen LogP contribution in [-0.4, -0.2) is 0 Å². The Bertz CT molecular complexity index is 316. The van der Waals surface area contributed by atoms with Gasteiger partial charge in [0.1, 0.15) is 0 Å². The smallest absolute Gasteiger partial charge is 0.872 e. The van der Waals surface area contributed by atoms with E-state index in [0.29, 0.717) is 0 Å². The quantitative estimate of drug-likeness (QED) is 0.447. The Kier molecular flexibility index (Phi) is 5.39. The number of alkyl halides is 3. The molecule has 1 rings (SSSR count). The first-order valence-electron chi connectivity index (χ1n) is 3.45. The molecular formula is C9H6F3KO. The largest absolute Gasteiger partial charge is 1.00 e. The van der Waals surface area contributed by atoms with E-state index < -0.39 is 17.5 Å². The summed E-state index contributed by atoms with van der Waals surface area (Å²) in [6.07, 6.45) is -4.36. The van der Waals surface area contributed by atoms with Gasteiger partial charge in [0.15, 0.2) is 0 Å². The molecule has 0 bridgehead atoms. The Balaban J connectivity index is 0.00000169. The maximum absolute atomic E-state index is 12.0. The number of rotatable bonds is 1. The normalized spacial score (nSPS) is 10.5. The molecule has 0 heterocycles. The van der Waals surface area contributed by atoms with E-state index >= 15 is 0 Å². The van der Waals surface area contributed by atoms with Crippen molar-refractivity contribution in [3.63, 3.8) is 0 Å². The SMILES string of the molecule is C=C([O-])c1ccc(C(F)(F)F)cc1.[K+]. The fraction of sp³-hybridized carbons (Fsp3) is 0.111. The Labute approximate surface area is 122 Å². The summed E-state index contributed by atoms with van der Waals surface area (Å²) in [6, 6.07) is 3.94. The zero-order valence-electron chi connectivity index (χ0n) is 7.56. The molecule has 0 aliphatic rings. The van der Waals surface area contributed by atoms with Crippen molar-refractivity contribution >= 4 is 5.76 Å². The van der Waals surface area contributed by atoms with E-state index in [1.807, 2.05) is 0 Å². The van der Waals surface area contributed by atoms with Crippen molar-refractivity contribution in [3.8, 4) is 0 Å². The van der Waals surface area contributed by atoms with Crippen molar-refractivity contribution in [2.45, 2.75) is 6.18 Å². The van der Waals surface area contributed by atoms with Crippen LogP contribution >= 0.6 is 0 Å². The zero-order valence-corrected chi connectivity index (χ0v) is 10.7. The van der Waals surface area contributed by atoms with E-state index in [9.17, 15) is 18.3 Å². The summed E-state index contributed by atoms with van der Waals surface area (Å²) in [5.41, 5.74) is -0.592. The summed E-state index contributed by atoms with van der Waals surface area (Å²) in [7, 11) is 0. The number of hydrogen-bond acceptors (Lipinski definition) is 1. The Morgan fingerprint density at radius 1 is 1.14 bits per heavy atom. The van der Waals surface area contributed by atoms with Gasteiger partial charge in [-0.05, 0) is 17.7 Å². The van der Waals surface area contributed by atoms with E-state index in [0.717, 1.165) is 24.3 Å². The number of hydrogen-bond donors (Lipinski definition) is 0. The third kappa shape index (κ3) is 3.74. The van der Waals surface area contributed by atoms with E-state index in [1.54, 1.807) is 0 Å². The molecule has 1 aromatic carbocycles. The van der Waals surface area contributed by atoms with E-state index in [2.05, 4.69) is 6.58 Å².